The molecule has 4 rings (SSSR count). The van der Waals surface area contributed by atoms with Crippen molar-refractivity contribution >= 4 is 34.9 Å². The minimum Gasteiger partial charge on any atom is -0.493 e. The van der Waals surface area contributed by atoms with Crippen molar-refractivity contribution in [1.29, 1.82) is 0 Å². The third-order valence-electron chi connectivity index (χ3n) is 4.62. The predicted molar refractivity (Wildman–Crippen MR) is 119 cm³/mol. The van der Waals surface area contributed by atoms with Crippen molar-refractivity contribution in [1.82, 2.24) is 25.3 Å². The highest BCUT2D eigenvalue weighted by molar-refractivity contribution is 5.86. The molecule has 0 aliphatic rings. The standard InChI is InChI=1S/C21H19N7O6/c1-32-16-8-12(6-7-15(16)33-11-18(30)31)9-23-25-17(29)10-28-14-5-3-2-4-13(14)24-21(28)19-20(22)27-34-26-19/h2-9H,10-11H2,1H3,(H2,22,27)(H,25,29)(H,30,31). The number of methoxy groups -OCH3 is 1. The number of hydrogen-bond donors (Lipinski definition) is 3. The largest absolute Gasteiger partial charge is 0.493 e. The van der Waals surface area contributed by atoms with E-state index in [9.17, 15) is 9.59 Å². The number of amides is 1. The number of ether oxygens (including phenoxy) is 2. The van der Waals surface area contributed by atoms with E-state index >= 15 is 0 Å². The average molecular weight is 465 g/mol. The average Bonchev–Trinajstić information content (AvgIpc) is 3.41. The van der Waals surface area contributed by atoms with E-state index in [2.05, 4.69) is 30.5 Å². The van der Waals surface area contributed by atoms with Crippen LogP contribution in [0.3, 0.4) is 0 Å². The highest BCUT2D eigenvalue weighted by atomic mass is 16.6. The lowest BCUT2D eigenvalue weighted by Gasteiger charge is -2.09. The van der Waals surface area contributed by atoms with Crippen LogP contribution in [0.15, 0.2) is 52.2 Å². The first-order valence-electron chi connectivity index (χ1n) is 9.84. The second-order valence-corrected chi connectivity index (χ2v) is 6.89. The van der Waals surface area contributed by atoms with Crippen LogP contribution >= 0.6 is 0 Å². The molecule has 13 nitrogen and oxygen atoms in total. The van der Waals surface area contributed by atoms with E-state index in [1.54, 1.807) is 28.8 Å². The second-order valence-electron chi connectivity index (χ2n) is 6.89. The van der Waals surface area contributed by atoms with Gasteiger partial charge in [-0.3, -0.25) is 4.79 Å². The lowest BCUT2D eigenvalue weighted by molar-refractivity contribution is -0.139. The minimum absolute atomic E-state index is 0.0553. The van der Waals surface area contributed by atoms with E-state index in [0.717, 1.165) is 0 Å². The lowest BCUT2D eigenvalue weighted by Crippen LogP contribution is -2.23. The Morgan fingerprint density at radius 2 is 2.06 bits per heavy atom. The molecule has 4 aromatic rings. The Bertz CT molecular complexity index is 1380. The van der Waals surface area contributed by atoms with E-state index in [1.165, 1.54) is 13.3 Å². The van der Waals surface area contributed by atoms with E-state index in [4.69, 9.17) is 20.3 Å². The lowest BCUT2D eigenvalue weighted by atomic mass is 10.2. The fourth-order valence-electron chi connectivity index (χ4n) is 3.15. The SMILES string of the molecule is COc1cc(C=NNC(=O)Cn2c(-c3nonc3N)nc3ccccc32)ccc1OCC(=O)O. The van der Waals surface area contributed by atoms with E-state index in [0.29, 0.717) is 28.2 Å². The summed E-state index contributed by atoms with van der Waals surface area (Å²) >= 11 is 0. The predicted octanol–water partition coefficient (Wildman–Crippen LogP) is 1.29. The molecule has 0 aliphatic heterocycles. The van der Waals surface area contributed by atoms with Crippen molar-refractivity contribution in [2.24, 2.45) is 5.10 Å². The van der Waals surface area contributed by atoms with Gasteiger partial charge in [-0.1, -0.05) is 12.1 Å². The van der Waals surface area contributed by atoms with E-state index in [-0.39, 0.29) is 23.8 Å². The molecule has 0 unspecified atom stereocenters. The molecule has 0 saturated heterocycles. The Balaban J connectivity index is 1.49. The fraction of sp³-hybridized carbons (Fsp3) is 0.143. The second kappa shape index (κ2) is 9.68. The Labute approximate surface area is 191 Å². The van der Waals surface area contributed by atoms with Crippen molar-refractivity contribution in [2.75, 3.05) is 19.5 Å². The maximum absolute atomic E-state index is 12.6. The van der Waals surface area contributed by atoms with Crippen LogP contribution in [-0.2, 0) is 16.1 Å². The van der Waals surface area contributed by atoms with E-state index < -0.39 is 18.5 Å². The number of aromatic nitrogens is 4. The fourth-order valence-corrected chi connectivity index (χ4v) is 3.15. The molecule has 13 heteroatoms. The molecular weight excluding hydrogens is 446 g/mol. The zero-order chi connectivity index (χ0) is 24.1. The monoisotopic (exact) mass is 465 g/mol. The number of nitrogens with two attached hydrogens (primary N) is 1. The topological polar surface area (TPSA) is 180 Å². The van der Waals surface area contributed by atoms with Gasteiger partial charge in [0.1, 0.15) is 6.54 Å². The maximum atomic E-state index is 12.6. The molecular formula is C21H19N7O6. The maximum Gasteiger partial charge on any atom is 0.341 e. The van der Waals surface area contributed by atoms with Gasteiger partial charge in [-0.25, -0.2) is 19.8 Å². The zero-order valence-corrected chi connectivity index (χ0v) is 17.8. The molecule has 0 fully saturated rings. The van der Waals surface area contributed by atoms with Gasteiger partial charge in [0, 0.05) is 0 Å². The quantitative estimate of drug-likeness (QED) is 0.241. The van der Waals surface area contributed by atoms with Gasteiger partial charge in [-0.2, -0.15) is 5.10 Å². The van der Waals surface area contributed by atoms with Crippen LogP contribution in [0.25, 0.3) is 22.6 Å². The number of para-hydroxylation sites is 2. The van der Waals surface area contributed by atoms with Gasteiger partial charge in [-0.15, -0.1) is 0 Å². The van der Waals surface area contributed by atoms with Gasteiger partial charge in [0.05, 0.1) is 24.4 Å². The van der Waals surface area contributed by atoms with Gasteiger partial charge in [0.25, 0.3) is 5.91 Å². The van der Waals surface area contributed by atoms with Crippen LogP contribution < -0.4 is 20.6 Å². The van der Waals surface area contributed by atoms with Crippen molar-refractivity contribution in [3.8, 4) is 23.0 Å². The molecule has 34 heavy (non-hydrogen) atoms. The summed E-state index contributed by atoms with van der Waals surface area (Å²) in [5.74, 6) is -0.548. The Kier molecular flexibility index (Phi) is 6.34. The molecule has 0 spiro atoms. The summed E-state index contributed by atoms with van der Waals surface area (Å²) in [7, 11) is 1.43. The van der Waals surface area contributed by atoms with Crippen LogP contribution in [0.2, 0.25) is 0 Å². The van der Waals surface area contributed by atoms with Crippen LogP contribution in [0.5, 0.6) is 11.5 Å². The van der Waals surface area contributed by atoms with Crippen molar-refractivity contribution in [2.45, 2.75) is 6.54 Å². The van der Waals surface area contributed by atoms with E-state index in [1.807, 2.05) is 18.2 Å². The smallest absolute Gasteiger partial charge is 0.341 e. The molecule has 0 radical (unpaired) electrons. The van der Waals surface area contributed by atoms with Gasteiger partial charge in [0.15, 0.2) is 35.4 Å². The number of nitrogens with one attached hydrogen (secondary N) is 1. The molecule has 4 N–H and O–H groups in total. The number of rotatable bonds is 9. The first-order valence-corrected chi connectivity index (χ1v) is 9.84. The van der Waals surface area contributed by atoms with Crippen LogP contribution in [0.1, 0.15) is 5.56 Å². The number of anilines is 1. The number of carbonyl (C=O) groups is 2. The third kappa shape index (κ3) is 4.77. The Morgan fingerprint density at radius 1 is 1.24 bits per heavy atom. The number of benzene rings is 2. The summed E-state index contributed by atoms with van der Waals surface area (Å²) in [5, 5.41) is 20.1. The molecule has 1 amide bonds. The molecule has 2 heterocycles. The number of hydrogen-bond acceptors (Lipinski definition) is 10. The number of carbonyl (C=O) groups excluding carboxylic acids is 1. The number of hydrazone groups is 1. The van der Waals surface area contributed by atoms with Gasteiger partial charge in [-0.05, 0) is 46.2 Å². The Morgan fingerprint density at radius 3 is 2.79 bits per heavy atom. The van der Waals surface area contributed by atoms with Crippen molar-refractivity contribution < 1.29 is 28.8 Å². The number of fused-ring (bicyclic) bond motifs is 1. The van der Waals surface area contributed by atoms with Crippen molar-refractivity contribution in [3.63, 3.8) is 0 Å². The van der Waals surface area contributed by atoms with Crippen LogP contribution in [0, 0.1) is 0 Å². The number of nitrogen functional groups attached to an aromatic ring is 1. The highest BCUT2D eigenvalue weighted by Gasteiger charge is 2.20. The molecule has 0 atom stereocenters. The number of imidazole rings is 1. The summed E-state index contributed by atoms with van der Waals surface area (Å²) < 4.78 is 16.7. The molecule has 174 valence electrons. The summed E-state index contributed by atoms with van der Waals surface area (Å²) in [4.78, 5) is 27.8. The zero-order valence-electron chi connectivity index (χ0n) is 17.8. The minimum atomic E-state index is -1.10. The normalized spacial score (nSPS) is 11.1. The summed E-state index contributed by atoms with van der Waals surface area (Å²) in [6, 6.07) is 12.0. The van der Waals surface area contributed by atoms with Gasteiger partial charge >= 0.3 is 5.97 Å². The highest BCUT2D eigenvalue weighted by Crippen LogP contribution is 2.28. The molecule has 0 saturated carbocycles. The summed E-state index contributed by atoms with van der Waals surface area (Å²) in [6.07, 6.45) is 1.41. The first-order chi connectivity index (χ1) is 16.5. The van der Waals surface area contributed by atoms with Gasteiger partial charge in [0.2, 0.25) is 0 Å². The number of nitrogens with zero attached hydrogens (tertiary/aromatic N) is 5. The third-order valence-corrected chi connectivity index (χ3v) is 4.62. The summed E-state index contributed by atoms with van der Waals surface area (Å²) in [5.41, 5.74) is 10.4. The Hall–Kier alpha value is -4.94. The first kappa shape index (κ1) is 22.3. The van der Waals surface area contributed by atoms with Crippen molar-refractivity contribution in [3.05, 3.63) is 48.0 Å². The van der Waals surface area contributed by atoms with Crippen LogP contribution in [-0.4, -0.2) is 56.8 Å². The van der Waals surface area contributed by atoms with Crippen LogP contribution in [0.4, 0.5) is 5.82 Å². The molecule has 2 aromatic carbocycles. The molecule has 0 bridgehead atoms. The number of aliphatic carboxylic acids is 1. The number of carboxylic acids is 1. The molecule has 2 aromatic heterocycles. The summed E-state index contributed by atoms with van der Waals surface area (Å²) in [6.45, 7) is -0.619. The molecule has 0 aliphatic carbocycles. The van der Waals surface area contributed by atoms with Gasteiger partial charge < -0.3 is 24.9 Å². The number of carboxylic acid groups (broad SMARTS) is 1.